The molecule has 1 aliphatic carbocycles. The Kier molecular flexibility index (Phi) is 6.80. The van der Waals surface area contributed by atoms with Crippen LogP contribution in [0.25, 0.3) is 0 Å². The third-order valence-corrected chi connectivity index (χ3v) is 4.24. The third kappa shape index (κ3) is 6.32. The monoisotopic (exact) mass is 414 g/mol. The largest absolute Gasteiger partial charge is 0.483 e. The lowest BCUT2D eigenvalue weighted by Crippen LogP contribution is -2.38. The van der Waals surface area contributed by atoms with Crippen molar-refractivity contribution in [1.82, 2.24) is 10.7 Å². The molecule has 0 unspecified atom stereocenters. The molecule has 0 radical (unpaired) electrons. The van der Waals surface area contributed by atoms with Gasteiger partial charge in [-0.25, -0.2) is 5.43 Å². The molecule has 0 heterocycles. The van der Waals surface area contributed by atoms with Crippen molar-refractivity contribution >= 4 is 41.2 Å². The van der Waals surface area contributed by atoms with Crippen molar-refractivity contribution in [3.05, 3.63) is 59.1 Å². The van der Waals surface area contributed by atoms with Crippen LogP contribution in [0, 0.1) is 0 Å². The molecular formula is C20H19ClN4O4. The molecule has 0 spiro atoms. The number of nitrogens with zero attached hydrogens (tertiary/aromatic N) is 1. The third-order valence-electron chi connectivity index (χ3n) is 3.91. The van der Waals surface area contributed by atoms with Gasteiger partial charge in [0, 0.05) is 11.6 Å². The lowest BCUT2D eigenvalue weighted by atomic mass is 10.2. The second kappa shape index (κ2) is 9.70. The Hall–Kier alpha value is -3.39. The van der Waals surface area contributed by atoms with Crippen molar-refractivity contribution in [2.45, 2.75) is 18.9 Å². The van der Waals surface area contributed by atoms with Crippen LogP contribution in [0.5, 0.6) is 5.75 Å². The van der Waals surface area contributed by atoms with Gasteiger partial charge < -0.3 is 15.4 Å². The number of halogens is 1. The zero-order valence-corrected chi connectivity index (χ0v) is 16.1. The number of hydrogen-bond acceptors (Lipinski definition) is 5. The zero-order chi connectivity index (χ0) is 20.6. The van der Waals surface area contributed by atoms with Crippen molar-refractivity contribution in [2.24, 2.45) is 5.10 Å². The Morgan fingerprint density at radius 2 is 1.79 bits per heavy atom. The van der Waals surface area contributed by atoms with Gasteiger partial charge in [-0.3, -0.25) is 14.4 Å². The average Bonchev–Trinajstić information content (AvgIpc) is 3.53. The molecule has 150 valence electrons. The highest BCUT2D eigenvalue weighted by molar-refractivity contribution is 6.35. The van der Waals surface area contributed by atoms with E-state index < -0.39 is 11.8 Å². The van der Waals surface area contributed by atoms with E-state index >= 15 is 0 Å². The number of nitrogens with one attached hydrogen (secondary N) is 3. The van der Waals surface area contributed by atoms with Gasteiger partial charge in [0.15, 0.2) is 6.61 Å². The van der Waals surface area contributed by atoms with Gasteiger partial charge in [-0.15, -0.1) is 0 Å². The number of amides is 3. The van der Waals surface area contributed by atoms with Crippen LogP contribution in [0.2, 0.25) is 5.02 Å². The van der Waals surface area contributed by atoms with Gasteiger partial charge in [-0.1, -0.05) is 35.9 Å². The average molecular weight is 415 g/mol. The van der Waals surface area contributed by atoms with Crippen LogP contribution < -0.4 is 20.8 Å². The van der Waals surface area contributed by atoms with Crippen molar-refractivity contribution < 1.29 is 19.1 Å². The first-order valence-electron chi connectivity index (χ1n) is 8.93. The molecule has 2 aromatic carbocycles. The summed E-state index contributed by atoms with van der Waals surface area (Å²) < 4.78 is 5.54. The van der Waals surface area contributed by atoms with E-state index in [1.54, 1.807) is 48.5 Å². The first-order valence-corrected chi connectivity index (χ1v) is 9.31. The van der Waals surface area contributed by atoms with Gasteiger partial charge in [-0.2, -0.15) is 5.10 Å². The Bertz CT molecular complexity index is 944. The minimum atomic E-state index is -0.842. The van der Waals surface area contributed by atoms with E-state index in [1.165, 1.54) is 6.21 Å². The highest BCUT2D eigenvalue weighted by atomic mass is 35.5. The summed E-state index contributed by atoms with van der Waals surface area (Å²) in [5.74, 6) is -1.55. The second-order valence-electron chi connectivity index (χ2n) is 6.30. The summed E-state index contributed by atoms with van der Waals surface area (Å²) in [6, 6.07) is 13.8. The van der Waals surface area contributed by atoms with Gasteiger partial charge in [0.2, 0.25) is 0 Å². The molecule has 3 amide bonds. The van der Waals surface area contributed by atoms with Gasteiger partial charge >= 0.3 is 11.8 Å². The fraction of sp³-hybridized carbons (Fsp3) is 0.200. The van der Waals surface area contributed by atoms with Gasteiger partial charge in [0.05, 0.1) is 16.9 Å². The van der Waals surface area contributed by atoms with Crippen molar-refractivity contribution in [2.75, 3.05) is 11.9 Å². The Labute approximate surface area is 172 Å². The molecular weight excluding hydrogens is 396 g/mol. The molecule has 3 N–H and O–H groups in total. The van der Waals surface area contributed by atoms with E-state index in [1.807, 2.05) is 0 Å². The first kappa shape index (κ1) is 20.3. The van der Waals surface area contributed by atoms with E-state index in [0.717, 1.165) is 12.8 Å². The molecule has 0 saturated heterocycles. The minimum absolute atomic E-state index is 0.0864. The van der Waals surface area contributed by atoms with Gasteiger partial charge in [0.25, 0.3) is 5.91 Å². The van der Waals surface area contributed by atoms with Crippen LogP contribution in [-0.4, -0.2) is 36.6 Å². The number of hydrazone groups is 1. The molecule has 0 aromatic heterocycles. The Balaban J connectivity index is 1.53. The highest BCUT2D eigenvalue weighted by Crippen LogP contribution is 2.21. The summed E-state index contributed by atoms with van der Waals surface area (Å²) in [6.45, 7) is -0.244. The highest BCUT2D eigenvalue weighted by Gasteiger charge is 2.26. The van der Waals surface area contributed by atoms with Crippen molar-refractivity contribution in [3.63, 3.8) is 0 Å². The number of rotatable bonds is 7. The summed E-state index contributed by atoms with van der Waals surface area (Å²) in [4.78, 5) is 35.3. The van der Waals surface area contributed by atoms with Crippen molar-refractivity contribution in [3.8, 4) is 5.75 Å². The minimum Gasteiger partial charge on any atom is -0.483 e. The zero-order valence-electron chi connectivity index (χ0n) is 15.4. The van der Waals surface area contributed by atoms with Gasteiger partial charge in [0.1, 0.15) is 5.75 Å². The number of hydrogen-bond donors (Lipinski definition) is 3. The van der Waals surface area contributed by atoms with E-state index in [-0.39, 0.29) is 18.6 Å². The maximum absolute atomic E-state index is 12.1. The molecule has 0 atom stereocenters. The summed E-state index contributed by atoms with van der Waals surface area (Å²) in [5, 5.41) is 9.43. The van der Waals surface area contributed by atoms with E-state index in [4.69, 9.17) is 16.3 Å². The maximum atomic E-state index is 12.1. The number of ether oxygens (including phenoxy) is 1. The fourth-order valence-corrected chi connectivity index (χ4v) is 2.48. The quantitative estimate of drug-likeness (QED) is 0.366. The summed E-state index contributed by atoms with van der Waals surface area (Å²) in [6.07, 6.45) is 3.11. The number of carbonyl (C=O) groups is 3. The van der Waals surface area contributed by atoms with E-state index in [0.29, 0.717) is 22.0 Å². The second-order valence-corrected chi connectivity index (χ2v) is 6.71. The smallest absolute Gasteiger partial charge is 0.329 e. The number of para-hydroxylation sites is 2. The normalized spacial score (nSPS) is 13.0. The van der Waals surface area contributed by atoms with Crippen LogP contribution in [0.15, 0.2) is 53.6 Å². The molecule has 9 heteroatoms. The molecule has 29 heavy (non-hydrogen) atoms. The van der Waals surface area contributed by atoms with Crippen molar-refractivity contribution in [1.29, 1.82) is 0 Å². The molecule has 8 nitrogen and oxygen atoms in total. The molecule has 1 saturated carbocycles. The Morgan fingerprint density at radius 1 is 1.07 bits per heavy atom. The summed E-state index contributed by atoms with van der Waals surface area (Å²) >= 11 is 6.01. The van der Waals surface area contributed by atoms with Crippen LogP contribution in [-0.2, 0) is 14.4 Å². The molecule has 3 rings (SSSR count). The number of benzene rings is 2. The topological polar surface area (TPSA) is 109 Å². The SMILES string of the molecule is O=C(COc1ccccc1/C=N\NC(=O)C(=O)NC1CC1)Nc1ccccc1Cl. The fourth-order valence-electron chi connectivity index (χ4n) is 2.30. The van der Waals surface area contributed by atoms with Crippen LogP contribution >= 0.6 is 11.6 Å². The molecule has 1 fully saturated rings. The molecule has 0 aliphatic heterocycles. The van der Waals surface area contributed by atoms with E-state index in [9.17, 15) is 14.4 Å². The number of anilines is 1. The van der Waals surface area contributed by atoms with Gasteiger partial charge in [-0.05, 0) is 37.1 Å². The molecule has 2 aromatic rings. The van der Waals surface area contributed by atoms with Crippen LogP contribution in [0.4, 0.5) is 5.69 Å². The molecule has 0 bridgehead atoms. The van der Waals surface area contributed by atoms with E-state index in [2.05, 4.69) is 21.2 Å². The first-order chi connectivity index (χ1) is 14.0. The predicted molar refractivity (Wildman–Crippen MR) is 109 cm³/mol. The van der Waals surface area contributed by atoms with Crippen LogP contribution in [0.1, 0.15) is 18.4 Å². The number of carbonyl (C=O) groups excluding carboxylic acids is 3. The maximum Gasteiger partial charge on any atom is 0.329 e. The summed E-state index contributed by atoms with van der Waals surface area (Å²) in [7, 11) is 0. The summed E-state index contributed by atoms with van der Waals surface area (Å²) in [5.41, 5.74) is 3.18. The van der Waals surface area contributed by atoms with Crippen LogP contribution in [0.3, 0.4) is 0 Å². The predicted octanol–water partition coefficient (Wildman–Crippen LogP) is 2.09. The molecule has 1 aliphatic rings. The lowest BCUT2D eigenvalue weighted by Gasteiger charge is -2.10. The lowest BCUT2D eigenvalue weighted by molar-refractivity contribution is -0.139. The standard InChI is InChI=1S/C20H19ClN4O4/c21-15-6-2-3-7-16(15)24-18(26)12-29-17-8-4-1-5-13(17)11-22-25-20(28)19(27)23-14-9-10-14/h1-8,11,14H,9-10,12H2,(H,23,27)(H,24,26)(H,25,28)/b22-11-. The Morgan fingerprint density at radius 3 is 2.55 bits per heavy atom.